The van der Waals surface area contributed by atoms with Gasteiger partial charge in [0.15, 0.2) is 0 Å². The first kappa shape index (κ1) is 18.1. The minimum atomic E-state index is 0.0471. The molecule has 0 unspecified atom stereocenters. The topological polar surface area (TPSA) is 36.4 Å². The van der Waals surface area contributed by atoms with Crippen molar-refractivity contribution in [3.05, 3.63) is 63.4 Å². The summed E-state index contributed by atoms with van der Waals surface area (Å²) < 4.78 is 2.29. The Hall–Kier alpha value is -1.99. The molecular weight excluding hydrogens is 410 g/mol. The van der Waals surface area contributed by atoms with Gasteiger partial charge < -0.3 is 4.90 Å². The van der Waals surface area contributed by atoms with E-state index in [4.69, 9.17) is 16.6 Å². The summed E-state index contributed by atoms with van der Waals surface area (Å²) in [7, 11) is 0. The molecule has 4 nitrogen and oxygen atoms in total. The maximum absolute atomic E-state index is 13.0. The van der Waals surface area contributed by atoms with Gasteiger partial charge in [-0.2, -0.15) is 0 Å². The number of amides is 1. The molecule has 7 heteroatoms. The predicted molar refractivity (Wildman–Crippen MR) is 118 cm³/mol. The molecule has 1 amide bonds. The summed E-state index contributed by atoms with van der Waals surface area (Å²) in [5, 5.41) is 2.68. The number of rotatable bonds is 3. The largest absolute Gasteiger partial charge is 0.335 e. The third-order valence-corrected chi connectivity index (χ3v) is 7.77. The average molecular weight is 428 g/mol. The summed E-state index contributed by atoms with van der Waals surface area (Å²) >= 11 is 9.73. The molecule has 0 spiro atoms. The van der Waals surface area contributed by atoms with Crippen molar-refractivity contribution in [1.29, 1.82) is 0 Å². The molecule has 142 valence electrons. The fraction of sp³-hybridized carbons (Fsp3) is 0.238. The molecule has 0 radical (unpaired) electrons. The number of benzene rings is 2. The van der Waals surface area contributed by atoms with Crippen LogP contribution in [0, 0.1) is 0 Å². The van der Waals surface area contributed by atoms with Gasteiger partial charge in [0, 0.05) is 36.3 Å². The van der Waals surface area contributed by atoms with Gasteiger partial charge in [-0.3, -0.25) is 9.69 Å². The number of fused-ring (bicyclic) bond motifs is 2. The molecular formula is C21H18ClN3OS2. The first-order valence-electron chi connectivity index (χ1n) is 9.22. The highest BCUT2D eigenvalue weighted by Gasteiger charge is 2.26. The van der Waals surface area contributed by atoms with Crippen molar-refractivity contribution in [2.75, 3.05) is 26.2 Å². The smallest absolute Gasteiger partial charge is 0.265 e. The lowest BCUT2D eigenvalue weighted by Crippen LogP contribution is -2.48. The summed E-state index contributed by atoms with van der Waals surface area (Å²) in [5.74, 6) is 0.0471. The zero-order valence-corrected chi connectivity index (χ0v) is 17.5. The number of halogens is 1. The van der Waals surface area contributed by atoms with Gasteiger partial charge in [-0.05, 0) is 18.2 Å². The molecule has 1 saturated heterocycles. The number of thiophene rings is 1. The molecule has 1 fully saturated rings. The van der Waals surface area contributed by atoms with Crippen molar-refractivity contribution in [2.24, 2.45) is 0 Å². The second-order valence-electron chi connectivity index (χ2n) is 6.89. The number of thiazole rings is 1. The Balaban J connectivity index is 1.26. The highest BCUT2D eigenvalue weighted by Crippen LogP contribution is 2.36. The first-order chi connectivity index (χ1) is 13.7. The number of hydrogen-bond acceptors (Lipinski definition) is 5. The van der Waals surface area contributed by atoms with Gasteiger partial charge in [-0.25, -0.2) is 4.98 Å². The van der Waals surface area contributed by atoms with Gasteiger partial charge in [0.2, 0.25) is 0 Å². The highest BCUT2D eigenvalue weighted by atomic mass is 35.5. The van der Waals surface area contributed by atoms with Crippen LogP contribution in [-0.2, 0) is 6.54 Å². The van der Waals surface area contributed by atoms with Gasteiger partial charge in [0.05, 0.1) is 21.8 Å². The molecule has 0 N–H and O–H groups in total. The van der Waals surface area contributed by atoms with E-state index in [1.54, 1.807) is 11.3 Å². The number of piperazine rings is 1. The Morgan fingerprint density at radius 1 is 0.964 bits per heavy atom. The van der Waals surface area contributed by atoms with Crippen LogP contribution in [0.1, 0.15) is 14.7 Å². The van der Waals surface area contributed by atoms with Crippen LogP contribution in [0.3, 0.4) is 0 Å². The third-order valence-electron chi connectivity index (χ3n) is 5.09. The van der Waals surface area contributed by atoms with Crippen LogP contribution in [-0.4, -0.2) is 46.9 Å². The standard InChI is InChI=1S/C21H18ClN3OS2/c22-19-14-5-1-3-7-16(14)28-20(19)21(26)25-11-9-24(10-12-25)13-18-23-15-6-2-4-8-17(15)27-18/h1-8H,9-13H2. The number of para-hydroxylation sites is 1. The SMILES string of the molecule is O=C(c1sc2ccccc2c1Cl)N1CCN(Cc2nc3ccccc3s2)CC1. The van der Waals surface area contributed by atoms with Crippen LogP contribution >= 0.6 is 34.3 Å². The van der Waals surface area contributed by atoms with E-state index in [-0.39, 0.29) is 5.91 Å². The Morgan fingerprint density at radius 3 is 2.43 bits per heavy atom. The van der Waals surface area contributed by atoms with Crippen molar-refractivity contribution in [2.45, 2.75) is 6.54 Å². The lowest BCUT2D eigenvalue weighted by Gasteiger charge is -2.34. The molecule has 28 heavy (non-hydrogen) atoms. The van der Waals surface area contributed by atoms with E-state index in [2.05, 4.69) is 17.0 Å². The maximum Gasteiger partial charge on any atom is 0.265 e. The summed E-state index contributed by atoms with van der Waals surface area (Å²) in [5.41, 5.74) is 1.07. The Labute approximate surface area is 176 Å². The average Bonchev–Trinajstić information content (AvgIpc) is 3.29. The summed E-state index contributed by atoms with van der Waals surface area (Å²) in [6.07, 6.45) is 0. The van der Waals surface area contributed by atoms with E-state index in [0.29, 0.717) is 23.0 Å². The van der Waals surface area contributed by atoms with Crippen LogP contribution in [0.25, 0.3) is 20.3 Å². The van der Waals surface area contributed by atoms with Crippen LogP contribution < -0.4 is 0 Å². The number of hydrogen-bond donors (Lipinski definition) is 0. The molecule has 0 bridgehead atoms. The van der Waals surface area contributed by atoms with Crippen molar-refractivity contribution in [1.82, 2.24) is 14.8 Å². The fourth-order valence-electron chi connectivity index (χ4n) is 3.58. The summed E-state index contributed by atoms with van der Waals surface area (Å²) in [6.45, 7) is 3.97. The second kappa shape index (κ2) is 7.44. The maximum atomic E-state index is 13.0. The molecule has 5 rings (SSSR count). The lowest BCUT2D eigenvalue weighted by molar-refractivity contribution is 0.0633. The minimum Gasteiger partial charge on any atom is -0.335 e. The van der Waals surface area contributed by atoms with Crippen LogP contribution in [0.2, 0.25) is 5.02 Å². The Morgan fingerprint density at radius 2 is 1.68 bits per heavy atom. The normalized spacial score (nSPS) is 15.5. The molecule has 2 aromatic carbocycles. The molecule has 3 heterocycles. The van der Waals surface area contributed by atoms with Gasteiger partial charge in [0.1, 0.15) is 9.88 Å². The first-order valence-corrected chi connectivity index (χ1v) is 11.2. The van der Waals surface area contributed by atoms with E-state index in [9.17, 15) is 4.79 Å². The third kappa shape index (κ3) is 3.31. The van der Waals surface area contributed by atoms with Gasteiger partial charge in [-0.1, -0.05) is 41.9 Å². The minimum absolute atomic E-state index is 0.0471. The molecule has 0 atom stereocenters. The van der Waals surface area contributed by atoms with Crippen molar-refractivity contribution in [3.8, 4) is 0 Å². The van der Waals surface area contributed by atoms with E-state index in [1.807, 2.05) is 41.3 Å². The van der Waals surface area contributed by atoms with E-state index in [1.165, 1.54) is 16.0 Å². The Bertz CT molecular complexity index is 1130. The number of nitrogens with zero attached hydrogens (tertiary/aromatic N) is 3. The summed E-state index contributed by atoms with van der Waals surface area (Å²) in [6, 6.07) is 16.2. The molecule has 1 aliphatic rings. The number of carbonyl (C=O) groups is 1. The molecule has 2 aromatic heterocycles. The van der Waals surface area contributed by atoms with E-state index < -0.39 is 0 Å². The van der Waals surface area contributed by atoms with E-state index in [0.717, 1.165) is 40.2 Å². The molecule has 0 saturated carbocycles. The van der Waals surface area contributed by atoms with Crippen molar-refractivity contribution < 1.29 is 4.79 Å². The predicted octanol–water partition coefficient (Wildman–Crippen LogP) is 5.12. The molecule has 4 aromatic rings. The highest BCUT2D eigenvalue weighted by molar-refractivity contribution is 7.21. The number of aromatic nitrogens is 1. The van der Waals surface area contributed by atoms with Crippen molar-refractivity contribution >= 4 is 60.5 Å². The van der Waals surface area contributed by atoms with Crippen molar-refractivity contribution in [3.63, 3.8) is 0 Å². The Kier molecular flexibility index (Phi) is 4.80. The monoisotopic (exact) mass is 427 g/mol. The molecule has 1 aliphatic heterocycles. The van der Waals surface area contributed by atoms with Crippen LogP contribution in [0.15, 0.2) is 48.5 Å². The summed E-state index contributed by atoms with van der Waals surface area (Å²) in [4.78, 5) is 22.7. The second-order valence-corrected chi connectivity index (χ2v) is 9.43. The van der Waals surface area contributed by atoms with Crippen LogP contribution in [0.5, 0.6) is 0 Å². The van der Waals surface area contributed by atoms with E-state index >= 15 is 0 Å². The van der Waals surface area contributed by atoms with Gasteiger partial charge >= 0.3 is 0 Å². The zero-order valence-electron chi connectivity index (χ0n) is 15.1. The van der Waals surface area contributed by atoms with Gasteiger partial charge in [-0.15, -0.1) is 22.7 Å². The van der Waals surface area contributed by atoms with Crippen LogP contribution in [0.4, 0.5) is 0 Å². The quantitative estimate of drug-likeness (QED) is 0.455. The van der Waals surface area contributed by atoms with Gasteiger partial charge in [0.25, 0.3) is 5.91 Å². The molecule has 0 aliphatic carbocycles. The lowest BCUT2D eigenvalue weighted by atomic mass is 10.2. The zero-order chi connectivity index (χ0) is 19.1. The number of carbonyl (C=O) groups excluding carboxylic acids is 1. The fourth-order valence-corrected chi connectivity index (χ4v) is 6.07.